The number of sulfonamides is 1. The lowest BCUT2D eigenvalue weighted by atomic mass is 10.1. The second-order valence-corrected chi connectivity index (χ2v) is 7.80. The van der Waals surface area contributed by atoms with Gasteiger partial charge in [0.15, 0.2) is 5.78 Å². The highest BCUT2D eigenvalue weighted by molar-refractivity contribution is 7.91. The maximum atomic E-state index is 12.2. The highest BCUT2D eigenvalue weighted by Crippen LogP contribution is 2.32. The van der Waals surface area contributed by atoms with E-state index >= 15 is 0 Å². The van der Waals surface area contributed by atoms with Crippen molar-refractivity contribution in [1.29, 1.82) is 0 Å². The molecule has 2 aromatic carbocycles. The minimum absolute atomic E-state index is 0.135. The molecule has 1 saturated carbocycles. The van der Waals surface area contributed by atoms with Crippen LogP contribution in [-0.2, 0) is 15.8 Å². The van der Waals surface area contributed by atoms with E-state index in [1.807, 2.05) is 0 Å². The Morgan fingerprint density at radius 1 is 1.09 bits per heavy atom. The average molecular weight is 350 g/mol. The van der Waals surface area contributed by atoms with Crippen molar-refractivity contribution in [2.45, 2.75) is 18.6 Å². The van der Waals surface area contributed by atoms with Gasteiger partial charge in [-0.1, -0.05) is 29.8 Å². The molecule has 0 heterocycles. The number of anilines is 1. The summed E-state index contributed by atoms with van der Waals surface area (Å²) < 4.78 is 27.0. The molecule has 120 valence electrons. The van der Waals surface area contributed by atoms with Crippen molar-refractivity contribution >= 4 is 33.1 Å². The van der Waals surface area contributed by atoms with Crippen molar-refractivity contribution in [3.63, 3.8) is 0 Å². The topological polar surface area (TPSA) is 63.2 Å². The number of hydrogen-bond acceptors (Lipinski definition) is 3. The third kappa shape index (κ3) is 4.12. The first-order valence-corrected chi connectivity index (χ1v) is 9.36. The van der Waals surface area contributed by atoms with Crippen LogP contribution in [0.15, 0.2) is 48.5 Å². The Hall–Kier alpha value is -1.85. The number of halogens is 1. The van der Waals surface area contributed by atoms with E-state index in [9.17, 15) is 13.2 Å². The Balaban J connectivity index is 1.70. The largest absolute Gasteiger partial charge is 0.294 e. The molecule has 1 aliphatic rings. The van der Waals surface area contributed by atoms with Crippen molar-refractivity contribution in [1.82, 2.24) is 0 Å². The summed E-state index contributed by atoms with van der Waals surface area (Å²) in [5.41, 5.74) is 1.60. The van der Waals surface area contributed by atoms with E-state index in [2.05, 4.69) is 4.72 Å². The van der Waals surface area contributed by atoms with Crippen LogP contribution in [0.4, 0.5) is 5.69 Å². The Bertz CT molecular complexity index is 827. The van der Waals surface area contributed by atoms with Crippen LogP contribution in [0.2, 0.25) is 5.02 Å². The lowest BCUT2D eigenvalue weighted by Crippen LogP contribution is -2.15. The Morgan fingerprint density at radius 2 is 1.74 bits per heavy atom. The summed E-state index contributed by atoms with van der Waals surface area (Å²) >= 11 is 5.99. The van der Waals surface area contributed by atoms with Crippen molar-refractivity contribution in [2.24, 2.45) is 5.92 Å². The predicted molar refractivity (Wildman–Crippen MR) is 91.2 cm³/mol. The zero-order chi connectivity index (χ0) is 16.4. The van der Waals surface area contributed by atoms with Crippen LogP contribution < -0.4 is 4.72 Å². The molecule has 0 bridgehead atoms. The van der Waals surface area contributed by atoms with E-state index in [0.29, 0.717) is 21.8 Å². The molecule has 4 nitrogen and oxygen atoms in total. The van der Waals surface area contributed by atoms with Crippen molar-refractivity contribution in [2.75, 3.05) is 4.72 Å². The fourth-order valence-electron chi connectivity index (χ4n) is 2.32. The maximum absolute atomic E-state index is 12.2. The molecule has 0 spiro atoms. The van der Waals surface area contributed by atoms with Gasteiger partial charge in [-0.15, -0.1) is 0 Å². The molecular weight excluding hydrogens is 334 g/mol. The lowest BCUT2D eigenvalue weighted by Gasteiger charge is -2.09. The molecule has 0 unspecified atom stereocenters. The summed E-state index contributed by atoms with van der Waals surface area (Å²) in [6, 6.07) is 13.4. The average Bonchev–Trinajstić information content (AvgIpc) is 3.34. The number of benzene rings is 2. The Labute approximate surface area is 140 Å². The minimum atomic E-state index is -3.57. The number of rotatable bonds is 6. The second kappa shape index (κ2) is 6.34. The van der Waals surface area contributed by atoms with Gasteiger partial charge in [0, 0.05) is 22.2 Å². The normalized spacial score (nSPS) is 14.5. The zero-order valence-electron chi connectivity index (χ0n) is 12.3. The van der Waals surface area contributed by atoms with Gasteiger partial charge < -0.3 is 0 Å². The molecule has 1 aliphatic carbocycles. The number of Topliss-reactive ketones (excluding diaryl/α,β-unsaturated/α-hetero) is 1. The molecule has 6 heteroatoms. The third-order valence-electron chi connectivity index (χ3n) is 3.69. The summed E-state index contributed by atoms with van der Waals surface area (Å²) in [6.07, 6.45) is 1.90. The number of nitrogens with one attached hydrogen (secondary N) is 1. The molecule has 0 amide bonds. The zero-order valence-corrected chi connectivity index (χ0v) is 13.9. The molecule has 0 aliphatic heterocycles. The fraction of sp³-hybridized carbons (Fsp3) is 0.235. The quantitative estimate of drug-likeness (QED) is 0.805. The Morgan fingerprint density at radius 3 is 2.35 bits per heavy atom. The number of carbonyl (C=O) groups is 1. The van der Waals surface area contributed by atoms with Gasteiger partial charge in [-0.2, -0.15) is 0 Å². The van der Waals surface area contributed by atoms with Crippen LogP contribution >= 0.6 is 11.6 Å². The minimum Gasteiger partial charge on any atom is -0.294 e. The smallest absolute Gasteiger partial charge is 0.236 e. The maximum Gasteiger partial charge on any atom is 0.236 e. The van der Waals surface area contributed by atoms with E-state index in [4.69, 9.17) is 11.6 Å². The van der Waals surface area contributed by atoms with E-state index in [1.54, 1.807) is 48.5 Å². The van der Waals surface area contributed by atoms with Gasteiger partial charge in [0.25, 0.3) is 0 Å². The molecule has 1 N–H and O–H groups in total. The van der Waals surface area contributed by atoms with Crippen molar-refractivity contribution < 1.29 is 13.2 Å². The third-order valence-corrected chi connectivity index (χ3v) is 5.30. The molecule has 1 fully saturated rings. The molecule has 23 heavy (non-hydrogen) atoms. The van der Waals surface area contributed by atoms with E-state index in [-0.39, 0.29) is 17.5 Å². The molecule has 2 aromatic rings. The van der Waals surface area contributed by atoms with E-state index < -0.39 is 10.0 Å². The SMILES string of the molecule is O=C(c1ccc(NS(=O)(=O)Cc2ccccc2Cl)cc1)C1CC1. The number of carbonyl (C=O) groups excluding carboxylic acids is 1. The van der Waals surface area contributed by atoms with E-state index in [1.165, 1.54) is 0 Å². The summed E-state index contributed by atoms with van der Waals surface area (Å²) in [5.74, 6) is 0.0864. The van der Waals surface area contributed by atoms with Crippen LogP contribution in [0.3, 0.4) is 0 Å². The van der Waals surface area contributed by atoms with Gasteiger partial charge in [0.05, 0.1) is 5.75 Å². The first-order chi connectivity index (χ1) is 10.9. The predicted octanol–water partition coefficient (Wildman–Crippen LogP) is 3.87. The molecule has 0 atom stereocenters. The monoisotopic (exact) mass is 349 g/mol. The Kier molecular flexibility index (Phi) is 4.41. The highest BCUT2D eigenvalue weighted by Gasteiger charge is 2.30. The summed E-state index contributed by atoms with van der Waals surface area (Å²) in [4.78, 5) is 11.9. The summed E-state index contributed by atoms with van der Waals surface area (Å²) in [7, 11) is -3.57. The first-order valence-electron chi connectivity index (χ1n) is 7.33. The van der Waals surface area contributed by atoms with Crippen molar-refractivity contribution in [3.8, 4) is 0 Å². The second-order valence-electron chi connectivity index (χ2n) is 5.67. The van der Waals surface area contributed by atoms with Gasteiger partial charge in [-0.05, 0) is 48.7 Å². The summed E-state index contributed by atoms with van der Waals surface area (Å²) in [5, 5.41) is 0.420. The first kappa shape index (κ1) is 16.0. The number of ketones is 1. The van der Waals surface area contributed by atoms with Gasteiger partial charge in [-0.25, -0.2) is 8.42 Å². The highest BCUT2D eigenvalue weighted by atomic mass is 35.5. The van der Waals surface area contributed by atoms with Crippen LogP contribution in [0.25, 0.3) is 0 Å². The van der Waals surface area contributed by atoms with Gasteiger partial charge in [0.1, 0.15) is 0 Å². The molecule has 0 radical (unpaired) electrons. The van der Waals surface area contributed by atoms with Crippen LogP contribution in [0.1, 0.15) is 28.8 Å². The van der Waals surface area contributed by atoms with E-state index in [0.717, 1.165) is 12.8 Å². The van der Waals surface area contributed by atoms with Crippen LogP contribution in [0.5, 0.6) is 0 Å². The molecule has 0 saturated heterocycles. The van der Waals surface area contributed by atoms with Gasteiger partial charge >= 0.3 is 0 Å². The molecular formula is C17H16ClNO3S. The van der Waals surface area contributed by atoms with Crippen molar-refractivity contribution in [3.05, 3.63) is 64.7 Å². The van der Waals surface area contributed by atoms with Crippen LogP contribution in [0, 0.1) is 5.92 Å². The van der Waals surface area contributed by atoms with Crippen LogP contribution in [-0.4, -0.2) is 14.2 Å². The standard InChI is InChI=1S/C17H16ClNO3S/c18-16-4-2-1-3-14(16)11-23(21,22)19-15-9-7-13(8-10-15)17(20)12-5-6-12/h1-4,7-10,12,19H,5-6,11H2. The lowest BCUT2D eigenvalue weighted by molar-refractivity contribution is 0.0967. The fourth-order valence-corrected chi connectivity index (χ4v) is 3.83. The number of hydrogen-bond donors (Lipinski definition) is 1. The van der Waals surface area contributed by atoms with Gasteiger partial charge in [-0.3, -0.25) is 9.52 Å². The summed E-state index contributed by atoms with van der Waals surface area (Å²) in [6.45, 7) is 0. The van der Waals surface area contributed by atoms with Gasteiger partial charge in [0.2, 0.25) is 10.0 Å². The molecule has 0 aromatic heterocycles. The molecule has 3 rings (SSSR count).